The molecule has 0 bridgehead atoms. The van der Waals surface area contributed by atoms with Crippen LogP contribution in [0.3, 0.4) is 0 Å². The number of rotatable bonds is 1. The van der Waals surface area contributed by atoms with Crippen LogP contribution in [0.4, 0.5) is 0 Å². The zero-order valence-corrected chi connectivity index (χ0v) is 8.98. The maximum atomic E-state index is 3.36. The predicted octanol–water partition coefficient (Wildman–Crippen LogP) is 1.31. The molecule has 1 unspecified atom stereocenters. The molecule has 49 valence electrons. The van der Waals surface area contributed by atoms with Crippen LogP contribution in [-0.2, 0) is 32.7 Å². The fraction of sp³-hybridized carbons (Fsp3) is 0.714. The number of nitrogens with one attached hydrogen (secondary N) is 1. The van der Waals surface area contributed by atoms with Crippen molar-refractivity contribution in [2.24, 2.45) is 0 Å². The average molecular weight is 200 g/mol. The van der Waals surface area contributed by atoms with Crippen LogP contribution in [-0.4, -0.2) is 12.6 Å². The van der Waals surface area contributed by atoms with Crippen LogP contribution in [0.2, 0.25) is 0 Å². The molecule has 1 radical (unpaired) electrons. The number of hydrogen-bond acceptors (Lipinski definition) is 1. The average Bonchev–Trinajstić information content (AvgIpc) is 2.14. The van der Waals surface area contributed by atoms with Gasteiger partial charge in [-0.25, -0.2) is 0 Å². The Kier molecular flexibility index (Phi) is 5.00. The molecule has 0 aromatic heterocycles. The molecule has 9 heavy (non-hydrogen) atoms. The second-order valence-corrected chi connectivity index (χ2v) is 2.41. The van der Waals surface area contributed by atoms with Crippen LogP contribution in [0.5, 0.6) is 0 Å². The Morgan fingerprint density at radius 2 is 2.44 bits per heavy atom. The molecular formula is C7H13NY. The second-order valence-electron chi connectivity index (χ2n) is 2.41. The maximum Gasteiger partial charge on any atom is 0.0253 e. The first kappa shape index (κ1) is 9.80. The van der Waals surface area contributed by atoms with Crippen molar-refractivity contribution in [1.29, 1.82) is 0 Å². The summed E-state index contributed by atoms with van der Waals surface area (Å²) in [6, 6.07) is 0.662. The molecule has 0 aromatic carbocycles. The van der Waals surface area contributed by atoms with Gasteiger partial charge in [-0.05, 0) is 13.3 Å². The zero-order valence-electron chi connectivity index (χ0n) is 6.15. The molecule has 1 atom stereocenters. The Bertz CT molecular complexity index is 109. The van der Waals surface area contributed by atoms with Gasteiger partial charge in [0.15, 0.2) is 0 Å². The topological polar surface area (TPSA) is 12.0 Å². The summed E-state index contributed by atoms with van der Waals surface area (Å²) in [5.74, 6) is 0. The van der Waals surface area contributed by atoms with Crippen molar-refractivity contribution in [3.8, 4) is 0 Å². The summed E-state index contributed by atoms with van der Waals surface area (Å²) in [6.45, 7) is 5.47. The summed E-state index contributed by atoms with van der Waals surface area (Å²) in [5.41, 5.74) is 1.48. The Balaban J connectivity index is 0.000000640. The molecule has 0 aromatic rings. The third kappa shape index (κ3) is 2.93. The fourth-order valence-electron chi connectivity index (χ4n) is 1.02. The Morgan fingerprint density at radius 3 is 2.67 bits per heavy atom. The minimum absolute atomic E-state index is 0. The summed E-state index contributed by atoms with van der Waals surface area (Å²) >= 11 is 0. The van der Waals surface area contributed by atoms with E-state index in [4.69, 9.17) is 0 Å². The first-order chi connectivity index (χ1) is 3.83. The summed E-state index contributed by atoms with van der Waals surface area (Å²) in [5, 5.41) is 3.36. The van der Waals surface area contributed by atoms with Crippen molar-refractivity contribution in [1.82, 2.24) is 5.32 Å². The fourth-order valence-corrected chi connectivity index (χ4v) is 1.02. The molecule has 0 aliphatic carbocycles. The monoisotopic (exact) mass is 200 g/mol. The standard InChI is InChI=1S/C7H13N.Y/c1-3-7-4-6(2)5-8-7;/h4,7-8H,3,5H2,1-2H3;. The van der Waals surface area contributed by atoms with Gasteiger partial charge < -0.3 is 5.32 Å². The van der Waals surface area contributed by atoms with Crippen LogP contribution in [0.15, 0.2) is 11.6 Å². The van der Waals surface area contributed by atoms with Crippen molar-refractivity contribution >= 4 is 0 Å². The van der Waals surface area contributed by atoms with Crippen molar-refractivity contribution in [2.75, 3.05) is 6.54 Å². The molecule has 0 amide bonds. The molecule has 1 rings (SSSR count). The third-order valence-corrected chi connectivity index (χ3v) is 1.57. The SMILES string of the molecule is CCC1C=C(C)CN1.[Y]. The number of hydrogen-bond donors (Lipinski definition) is 1. The van der Waals surface area contributed by atoms with E-state index in [2.05, 4.69) is 25.2 Å². The van der Waals surface area contributed by atoms with Crippen molar-refractivity contribution in [3.63, 3.8) is 0 Å². The Hall–Kier alpha value is 0.804. The van der Waals surface area contributed by atoms with Gasteiger partial charge in [-0.15, -0.1) is 0 Å². The van der Waals surface area contributed by atoms with Crippen molar-refractivity contribution < 1.29 is 32.7 Å². The molecule has 2 heteroatoms. The van der Waals surface area contributed by atoms with E-state index in [-0.39, 0.29) is 32.7 Å². The van der Waals surface area contributed by atoms with Gasteiger partial charge >= 0.3 is 0 Å². The van der Waals surface area contributed by atoms with E-state index in [1.54, 1.807) is 0 Å². The largest absolute Gasteiger partial charge is 0.307 e. The van der Waals surface area contributed by atoms with Crippen LogP contribution in [0, 0.1) is 0 Å². The molecule has 1 nitrogen and oxygen atoms in total. The minimum atomic E-state index is 0. The summed E-state index contributed by atoms with van der Waals surface area (Å²) in [4.78, 5) is 0. The van der Waals surface area contributed by atoms with E-state index in [0.717, 1.165) is 6.54 Å². The van der Waals surface area contributed by atoms with E-state index in [1.165, 1.54) is 12.0 Å². The molecule has 1 heterocycles. The van der Waals surface area contributed by atoms with Crippen LogP contribution in [0.1, 0.15) is 20.3 Å². The molecule has 0 fully saturated rings. The Morgan fingerprint density at radius 1 is 1.78 bits per heavy atom. The molecule has 0 saturated carbocycles. The summed E-state index contributed by atoms with van der Waals surface area (Å²) in [7, 11) is 0. The van der Waals surface area contributed by atoms with Crippen molar-refractivity contribution in [3.05, 3.63) is 11.6 Å². The van der Waals surface area contributed by atoms with Crippen LogP contribution < -0.4 is 5.32 Å². The summed E-state index contributed by atoms with van der Waals surface area (Å²) in [6.07, 6.45) is 3.53. The van der Waals surface area contributed by atoms with Gasteiger partial charge in [-0.2, -0.15) is 0 Å². The first-order valence-corrected chi connectivity index (χ1v) is 3.23. The predicted molar refractivity (Wildman–Crippen MR) is 35.8 cm³/mol. The van der Waals surface area contributed by atoms with Crippen molar-refractivity contribution in [2.45, 2.75) is 26.3 Å². The van der Waals surface area contributed by atoms with Gasteiger partial charge in [0.1, 0.15) is 0 Å². The van der Waals surface area contributed by atoms with E-state index in [0.29, 0.717) is 6.04 Å². The molecule has 0 saturated heterocycles. The van der Waals surface area contributed by atoms with Gasteiger partial charge in [0.25, 0.3) is 0 Å². The van der Waals surface area contributed by atoms with E-state index in [9.17, 15) is 0 Å². The third-order valence-electron chi connectivity index (χ3n) is 1.57. The zero-order chi connectivity index (χ0) is 5.98. The normalized spacial score (nSPS) is 25.1. The van der Waals surface area contributed by atoms with Gasteiger partial charge in [0, 0.05) is 45.3 Å². The minimum Gasteiger partial charge on any atom is -0.307 e. The van der Waals surface area contributed by atoms with E-state index < -0.39 is 0 Å². The maximum absolute atomic E-state index is 3.36. The van der Waals surface area contributed by atoms with Crippen LogP contribution >= 0.6 is 0 Å². The smallest absolute Gasteiger partial charge is 0.0253 e. The van der Waals surface area contributed by atoms with Crippen LogP contribution in [0.25, 0.3) is 0 Å². The molecule has 1 aliphatic rings. The van der Waals surface area contributed by atoms with Gasteiger partial charge in [-0.3, -0.25) is 0 Å². The summed E-state index contributed by atoms with van der Waals surface area (Å²) < 4.78 is 0. The molecular weight excluding hydrogens is 187 g/mol. The quantitative estimate of drug-likeness (QED) is 0.629. The van der Waals surface area contributed by atoms with Gasteiger partial charge in [-0.1, -0.05) is 18.6 Å². The molecule has 1 aliphatic heterocycles. The van der Waals surface area contributed by atoms with E-state index >= 15 is 0 Å². The molecule has 0 spiro atoms. The molecule has 1 N–H and O–H groups in total. The van der Waals surface area contributed by atoms with Gasteiger partial charge in [0.2, 0.25) is 0 Å². The second kappa shape index (κ2) is 4.59. The first-order valence-electron chi connectivity index (χ1n) is 3.23. The Labute approximate surface area is 82.2 Å². The van der Waals surface area contributed by atoms with Gasteiger partial charge in [0.05, 0.1) is 0 Å². The van der Waals surface area contributed by atoms with E-state index in [1.807, 2.05) is 0 Å².